The summed E-state index contributed by atoms with van der Waals surface area (Å²) in [5, 5.41) is 1.30. The normalized spacial score (nSPS) is 9.80. The minimum absolute atomic E-state index is 0.529. The van der Waals surface area contributed by atoms with Crippen LogP contribution in [-0.2, 0) is 5.33 Å². The molecule has 0 aliphatic carbocycles. The largest absolute Gasteiger partial charge is 0.383 e. The average Bonchev–Trinajstić information content (AvgIpc) is 1.94. The summed E-state index contributed by atoms with van der Waals surface area (Å²) in [4.78, 5) is 3.87. The zero-order valence-electron chi connectivity index (χ0n) is 5.14. The highest BCUT2D eigenvalue weighted by Gasteiger charge is 1.97. The lowest BCUT2D eigenvalue weighted by molar-refractivity contribution is 1.27. The molecule has 0 aromatic carbocycles. The van der Waals surface area contributed by atoms with E-state index < -0.39 is 0 Å². The molecule has 1 aromatic heterocycles. The van der Waals surface area contributed by atoms with Crippen LogP contribution in [0.5, 0.6) is 0 Å². The molecule has 0 aliphatic heterocycles. The summed E-state index contributed by atoms with van der Waals surface area (Å²) in [6.45, 7) is 0. The first-order chi connectivity index (χ1) is 4.74. The number of nitrogens with zero attached hydrogens (tertiary/aromatic N) is 1. The third-order valence-electron chi connectivity index (χ3n) is 1.11. The quantitative estimate of drug-likeness (QED) is 0.739. The first-order valence-corrected chi connectivity index (χ1v) is 4.20. The average molecular weight is 221 g/mol. The maximum absolute atomic E-state index is 5.66. The maximum atomic E-state index is 5.66. The van der Waals surface area contributed by atoms with E-state index in [4.69, 9.17) is 17.3 Å². The number of aromatic nitrogens is 1. The van der Waals surface area contributed by atoms with Crippen molar-refractivity contribution in [3.05, 3.63) is 22.8 Å². The summed E-state index contributed by atoms with van der Waals surface area (Å²) in [5.74, 6) is 0.529. The maximum Gasteiger partial charge on any atom is 0.127 e. The second-order valence-electron chi connectivity index (χ2n) is 1.83. The van der Waals surface area contributed by atoms with Gasteiger partial charge in [-0.15, -0.1) is 0 Å². The zero-order chi connectivity index (χ0) is 7.56. The fourth-order valence-corrected chi connectivity index (χ4v) is 1.23. The van der Waals surface area contributed by atoms with Gasteiger partial charge in [0.2, 0.25) is 0 Å². The second kappa shape index (κ2) is 3.21. The predicted octanol–water partition coefficient (Wildman–Crippen LogP) is 2.21. The topological polar surface area (TPSA) is 38.9 Å². The Hall–Kier alpha value is -0.280. The summed E-state index contributed by atoms with van der Waals surface area (Å²) in [6, 6.07) is 1.79. The highest BCUT2D eigenvalue weighted by molar-refractivity contribution is 9.08. The van der Waals surface area contributed by atoms with Crippen LogP contribution < -0.4 is 5.73 Å². The predicted molar refractivity (Wildman–Crippen MR) is 46.3 cm³/mol. The SMILES string of the molecule is Nc1ncc(Cl)cc1CBr. The second-order valence-corrected chi connectivity index (χ2v) is 2.83. The van der Waals surface area contributed by atoms with Gasteiger partial charge in [-0.05, 0) is 6.07 Å². The van der Waals surface area contributed by atoms with Crippen molar-refractivity contribution in [2.75, 3.05) is 5.73 Å². The fourth-order valence-electron chi connectivity index (χ4n) is 0.599. The Morgan fingerprint density at radius 3 is 2.90 bits per heavy atom. The fraction of sp³-hybridized carbons (Fsp3) is 0.167. The van der Waals surface area contributed by atoms with Gasteiger partial charge in [0.25, 0.3) is 0 Å². The molecule has 0 saturated heterocycles. The number of hydrogen-bond acceptors (Lipinski definition) is 2. The molecule has 10 heavy (non-hydrogen) atoms. The van der Waals surface area contributed by atoms with Gasteiger partial charge in [0.1, 0.15) is 5.82 Å². The van der Waals surface area contributed by atoms with E-state index in [1.165, 1.54) is 6.20 Å². The molecule has 1 rings (SSSR count). The van der Waals surface area contributed by atoms with Crippen molar-refractivity contribution in [3.8, 4) is 0 Å². The van der Waals surface area contributed by atoms with Crippen molar-refractivity contribution in [2.24, 2.45) is 0 Å². The molecule has 4 heteroatoms. The highest BCUT2D eigenvalue weighted by Crippen LogP contribution is 2.16. The van der Waals surface area contributed by atoms with E-state index in [9.17, 15) is 0 Å². The van der Waals surface area contributed by atoms with Crippen LogP contribution in [0, 0.1) is 0 Å². The van der Waals surface area contributed by atoms with Crippen molar-refractivity contribution < 1.29 is 0 Å². The van der Waals surface area contributed by atoms with Gasteiger partial charge >= 0.3 is 0 Å². The Morgan fingerprint density at radius 1 is 1.70 bits per heavy atom. The molecule has 1 heterocycles. The summed E-state index contributed by atoms with van der Waals surface area (Å²) in [5.41, 5.74) is 6.42. The van der Waals surface area contributed by atoms with E-state index in [0.717, 1.165) is 5.56 Å². The van der Waals surface area contributed by atoms with Gasteiger partial charge in [-0.2, -0.15) is 0 Å². The minimum Gasteiger partial charge on any atom is -0.383 e. The lowest BCUT2D eigenvalue weighted by Gasteiger charge is -1.99. The number of hydrogen-bond donors (Lipinski definition) is 1. The number of alkyl halides is 1. The van der Waals surface area contributed by atoms with Crippen molar-refractivity contribution in [1.82, 2.24) is 4.98 Å². The molecule has 0 fully saturated rings. The van der Waals surface area contributed by atoms with E-state index in [1.807, 2.05) is 0 Å². The summed E-state index contributed by atoms with van der Waals surface area (Å²) in [6.07, 6.45) is 1.53. The van der Waals surface area contributed by atoms with E-state index >= 15 is 0 Å². The number of nitrogens with two attached hydrogens (primary N) is 1. The van der Waals surface area contributed by atoms with Gasteiger partial charge < -0.3 is 5.73 Å². The Balaban J connectivity index is 3.09. The van der Waals surface area contributed by atoms with E-state index in [0.29, 0.717) is 16.2 Å². The van der Waals surface area contributed by atoms with Crippen LogP contribution in [0.15, 0.2) is 12.3 Å². The molecule has 0 saturated carbocycles. The van der Waals surface area contributed by atoms with Gasteiger partial charge in [0, 0.05) is 17.1 Å². The molecule has 0 spiro atoms. The monoisotopic (exact) mass is 220 g/mol. The zero-order valence-corrected chi connectivity index (χ0v) is 7.48. The van der Waals surface area contributed by atoms with Crippen LogP contribution in [0.2, 0.25) is 5.02 Å². The Morgan fingerprint density at radius 2 is 2.40 bits per heavy atom. The number of anilines is 1. The van der Waals surface area contributed by atoms with Crippen molar-refractivity contribution in [3.63, 3.8) is 0 Å². The Labute approximate surface area is 72.5 Å². The van der Waals surface area contributed by atoms with Crippen molar-refractivity contribution >= 4 is 33.3 Å². The third kappa shape index (κ3) is 1.61. The molecule has 2 N–H and O–H groups in total. The van der Waals surface area contributed by atoms with Crippen molar-refractivity contribution in [1.29, 1.82) is 0 Å². The molecule has 54 valence electrons. The van der Waals surface area contributed by atoms with E-state index in [2.05, 4.69) is 20.9 Å². The van der Waals surface area contributed by atoms with Crippen LogP contribution in [0.3, 0.4) is 0 Å². The van der Waals surface area contributed by atoms with E-state index in [1.54, 1.807) is 6.07 Å². The molecule has 0 amide bonds. The molecular formula is C6H6BrClN2. The van der Waals surface area contributed by atoms with Crippen LogP contribution in [0.1, 0.15) is 5.56 Å². The Kier molecular flexibility index (Phi) is 2.51. The van der Waals surface area contributed by atoms with Crippen LogP contribution >= 0.6 is 27.5 Å². The molecule has 1 aromatic rings. The van der Waals surface area contributed by atoms with Gasteiger partial charge in [-0.1, -0.05) is 27.5 Å². The smallest absolute Gasteiger partial charge is 0.127 e. The van der Waals surface area contributed by atoms with E-state index in [-0.39, 0.29) is 0 Å². The van der Waals surface area contributed by atoms with Crippen LogP contribution in [0.25, 0.3) is 0 Å². The van der Waals surface area contributed by atoms with Gasteiger partial charge in [0.05, 0.1) is 5.02 Å². The third-order valence-corrected chi connectivity index (χ3v) is 1.92. The summed E-state index contributed by atoms with van der Waals surface area (Å²) < 4.78 is 0. The first kappa shape index (κ1) is 7.82. The van der Waals surface area contributed by atoms with Gasteiger partial charge in [-0.25, -0.2) is 4.98 Å². The Bertz CT molecular complexity index is 239. The molecular weight excluding hydrogens is 215 g/mol. The number of pyridine rings is 1. The molecule has 2 nitrogen and oxygen atoms in total. The lowest BCUT2D eigenvalue weighted by atomic mass is 10.3. The molecule has 0 atom stereocenters. The molecule has 0 radical (unpaired) electrons. The molecule has 0 aliphatic rings. The van der Waals surface area contributed by atoms with Gasteiger partial charge in [0.15, 0.2) is 0 Å². The van der Waals surface area contributed by atoms with Crippen molar-refractivity contribution in [2.45, 2.75) is 5.33 Å². The number of rotatable bonds is 1. The summed E-state index contributed by atoms with van der Waals surface area (Å²) in [7, 11) is 0. The van der Waals surface area contributed by atoms with Gasteiger partial charge in [-0.3, -0.25) is 0 Å². The molecule has 0 unspecified atom stereocenters. The standard InChI is InChI=1S/C6H6BrClN2/c7-2-4-1-5(8)3-10-6(4)9/h1,3H,2H2,(H2,9,10). The number of nitrogen functional groups attached to an aromatic ring is 1. The first-order valence-electron chi connectivity index (χ1n) is 2.70. The number of halogens is 2. The van der Waals surface area contributed by atoms with Crippen LogP contribution in [0.4, 0.5) is 5.82 Å². The highest BCUT2D eigenvalue weighted by atomic mass is 79.9. The van der Waals surface area contributed by atoms with Crippen LogP contribution in [-0.4, -0.2) is 4.98 Å². The minimum atomic E-state index is 0.529. The lowest BCUT2D eigenvalue weighted by Crippen LogP contribution is -1.94. The molecule has 0 bridgehead atoms. The summed E-state index contributed by atoms with van der Waals surface area (Å²) >= 11 is 8.92.